The van der Waals surface area contributed by atoms with Crippen LogP contribution < -0.4 is 0 Å². The highest BCUT2D eigenvalue weighted by molar-refractivity contribution is 5.98. The summed E-state index contributed by atoms with van der Waals surface area (Å²) in [4.78, 5) is 21.5. The van der Waals surface area contributed by atoms with Crippen LogP contribution in [0.15, 0.2) is 23.8 Å². The van der Waals surface area contributed by atoms with Gasteiger partial charge in [0, 0.05) is 6.07 Å². The third kappa shape index (κ3) is 3.81. The predicted molar refractivity (Wildman–Crippen MR) is 69.6 cm³/mol. The summed E-state index contributed by atoms with van der Waals surface area (Å²) < 4.78 is 4.86. The van der Waals surface area contributed by atoms with Gasteiger partial charge in [0.25, 0.3) is 0 Å². The zero-order chi connectivity index (χ0) is 15.3. The molecule has 0 saturated carbocycles. The average Bonchev–Trinajstić information content (AvgIpc) is 2.36. The molecule has 104 valence electrons. The van der Waals surface area contributed by atoms with Gasteiger partial charge in [-0.05, 0) is 31.6 Å². The molecule has 0 atom stereocenters. The van der Waals surface area contributed by atoms with Crippen molar-refractivity contribution in [1.29, 1.82) is 5.26 Å². The van der Waals surface area contributed by atoms with Crippen LogP contribution in [0.5, 0.6) is 5.75 Å². The van der Waals surface area contributed by atoms with Crippen LogP contribution in [0.1, 0.15) is 19.4 Å². The normalized spacial score (nSPS) is 11.0. The Morgan fingerprint density at radius 2 is 2.20 bits per heavy atom. The number of carbonyl (C=O) groups excluding carboxylic acids is 1. The largest absolute Gasteiger partial charge is 0.502 e. The van der Waals surface area contributed by atoms with Crippen molar-refractivity contribution < 1.29 is 19.6 Å². The summed E-state index contributed by atoms with van der Waals surface area (Å²) in [7, 11) is 0. The van der Waals surface area contributed by atoms with Gasteiger partial charge in [0.1, 0.15) is 11.6 Å². The van der Waals surface area contributed by atoms with E-state index in [0.29, 0.717) is 0 Å². The number of nitriles is 1. The van der Waals surface area contributed by atoms with Gasteiger partial charge < -0.3 is 9.84 Å². The lowest BCUT2D eigenvalue weighted by Crippen LogP contribution is -2.12. The first-order chi connectivity index (χ1) is 9.35. The second-order valence-electron chi connectivity index (χ2n) is 4.13. The number of rotatable bonds is 4. The number of nitro benzene ring substituents is 1. The Labute approximate surface area is 114 Å². The van der Waals surface area contributed by atoms with Crippen LogP contribution in [0.4, 0.5) is 5.69 Å². The second kappa shape index (κ2) is 6.33. The maximum Gasteiger partial charge on any atom is 0.349 e. The summed E-state index contributed by atoms with van der Waals surface area (Å²) in [6.45, 7) is 3.27. The molecule has 0 aliphatic rings. The second-order valence-corrected chi connectivity index (χ2v) is 4.13. The van der Waals surface area contributed by atoms with Crippen molar-refractivity contribution in [2.45, 2.75) is 20.0 Å². The van der Waals surface area contributed by atoms with Crippen molar-refractivity contribution >= 4 is 17.7 Å². The third-order valence-corrected chi connectivity index (χ3v) is 2.19. The van der Waals surface area contributed by atoms with E-state index < -0.39 is 22.3 Å². The highest BCUT2D eigenvalue weighted by atomic mass is 16.6. The van der Waals surface area contributed by atoms with E-state index in [0.717, 1.165) is 18.2 Å². The SMILES string of the molecule is CC(C)OC(=O)/C(C#N)=C/c1ccc(O)c([N+](=O)[O-])c1. The van der Waals surface area contributed by atoms with E-state index in [9.17, 15) is 20.0 Å². The van der Waals surface area contributed by atoms with Crippen LogP contribution in [0, 0.1) is 21.4 Å². The number of nitro groups is 1. The van der Waals surface area contributed by atoms with E-state index in [-0.39, 0.29) is 17.2 Å². The zero-order valence-electron chi connectivity index (χ0n) is 10.9. The van der Waals surface area contributed by atoms with Crippen molar-refractivity contribution in [3.05, 3.63) is 39.4 Å². The summed E-state index contributed by atoms with van der Waals surface area (Å²) >= 11 is 0. The minimum Gasteiger partial charge on any atom is -0.502 e. The molecule has 20 heavy (non-hydrogen) atoms. The van der Waals surface area contributed by atoms with Crippen LogP contribution >= 0.6 is 0 Å². The van der Waals surface area contributed by atoms with Gasteiger partial charge in [-0.2, -0.15) is 5.26 Å². The topological polar surface area (TPSA) is 113 Å². The summed E-state index contributed by atoms with van der Waals surface area (Å²) in [6.07, 6.45) is 0.783. The molecule has 7 nitrogen and oxygen atoms in total. The highest BCUT2D eigenvalue weighted by Gasteiger charge is 2.16. The van der Waals surface area contributed by atoms with Crippen molar-refractivity contribution in [1.82, 2.24) is 0 Å². The van der Waals surface area contributed by atoms with Gasteiger partial charge in [-0.3, -0.25) is 10.1 Å². The molecule has 0 heterocycles. The molecule has 0 amide bonds. The molecule has 0 fully saturated rings. The van der Waals surface area contributed by atoms with Crippen LogP contribution in [0.2, 0.25) is 0 Å². The molecule has 0 spiro atoms. The number of phenols is 1. The fourth-order valence-electron chi connectivity index (χ4n) is 1.36. The zero-order valence-corrected chi connectivity index (χ0v) is 10.9. The average molecular weight is 276 g/mol. The predicted octanol–water partition coefficient (Wildman–Crippen LogP) is 2.16. The number of esters is 1. The summed E-state index contributed by atoms with van der Waals surface area (Å²) in [5.41, 5.74) is -0.543. The number of aromatic hydroxyl groups is 1. The molecule has 0 saturated heterocycles. The van der Waals surface area contributed by atoms with Crippen molar-refractivity contribution in [3.63, 3.8) is 0 Å². The van der Waals surface area contributed by atoms with E-state index in [4.69, 9.17) is 10.00 Å². The Morgan fingerprint density at radius 3 is 2.70 bits per heavy atom. The standard InChI is InChI=1S/C13H12N2O5/c1-8(2)20-13(17)10(7-14)5-9-3-4-12(16)11(6-9)15(18)19/h3-6,8,16H,1-2H3/b10-5+. The molecule has 0 bridgehead atoms. The van der Waals surface area contributed by atoms with Crippen LogP contribution in [-0.2, 0) is 9.53 Å². The van der Waals surface area contributed by atoms with Gasteiger partial charge in [-0.15, -0.1) is 0 Å². The molecule has 0 unspecified atom stereocenters. The Hall–Kier alpha value is -2.88. The molecule has 0 aliphatic heterocycles. The van der Waals surface area contributed by atoms with Gasteiger partial charge >= 0.3 is 11.7 Å². The van der Waals surface area contributed by atoms with Gasteiger partial charge in [-0.25, -0.2) is 4.79 Å². The Bertz CT molecular complexity index is 614. The fourth-order valence-corrected chi connectivity index (χ4v) is 1.36. The molecule has 0 radical (unpaired) electrons. The lowest BCUT2D eigenvalue weighted by Gasteiger charge is -2.06. The van der Waals surface area contributed by atoms with Crippen LogP contribution in [-0.4, -0.2) is 22.1 Å². The Kier molecular flexibility index (Phi) is 4.81. The molecular formula is C13H12N2O5. The monoisotopic (exact) mass is 276 g/mol. The summed E-state index contributed by atoms with van der Waals surface area (Å²) in [5.74, 6) is -1.30. The van der Waals surface area contributed by atoms with E-state index in [1.54, 1.807) is 19.9 Å². The number of hydrogen-bond donors (Lipinski definition) is 1. The fraction of sp³-hybridized carbons (Fsp3) is 0.231. The number of nitrogens with zero attached hydrogens (tertiary/aromatic N) is 2. The van der Waals surface area contributed by atoms with E-state index in [1.165, 1.54) is 6.07 Å². The maximum atomic E-state index is 11.6. The summed E-state index contributed by atoms with van der Waals surface area (Å²) in [6, 6.07) is 5.21. The van der Waals surface area contributed by atoms with E-state index in [1.807, 2.05) is 0 Å². The van der Waals surface area contributed by atoms with Gasteiger partial charge in [0.05, 0.1) is 11.0 Å². The number of phenolic OH excluding ortho intramolecular Hbond substituents is 1. The van der Waals surface area contributed by atoms with Crippen LogP contribution in [0.3, 0.4) is 0 Å². The first-order valence-corrected chi connectivity index (χ1v) is 5.65. The minimum absolute atomic E-state index is 0.242. The van der Waals surface area contributed by atoms with Crippen molar-refractivity contribution in [3.8, 4) is 11.8 Å². The first kappa shape index (κ1) is 15.2. The third-order valence-electron chi connectivity index (χ3n) is 2.19. The molecule has 0 aromatic heterocycles. The lowest BCUT2D eigenvalue weighted by molar-refractivity contribution is -0.385. The van der Waals surface area contributed by atoms with Gasteiger partial charge in [-0.1, -0.05) is 6.07 Å². The quantitative estimate of drug-likeness (QED) is 0.296. The van der Waals surface area contributed by atoms with E-state index in [2.05, 4.69) is 0 Å². The summed E-state index contributed by atoms with van der Waals surface area (Å²) in [5, 5.41) is 28.9. The Morgan fingerprint density at radius 1 is 1.55 bits per heavy atom. The van der Waals surface area contributed by atoms with Gasteiger partial charge in [0.2, 0.25) is 0 Å². The lowest BCUT2D eigenvalue weighted by atomic mass is 10.1. The number of ether oxygens (including phenoxy) is 1. The highest BCUT2D eigenvalue weighted by Crippen LogP contribution is 2.27. The minimum atomic E-state index is -0.807. The molecule has 7 heteroatoms. The van der Waals surface area contributed by atoms with Crippen LogP contribution in [0.25, 0.3) is 6.08 Å². The number of hydrogen-bond acceptors (Lipinski definition) is 6. The number of benzene rings is 1. The molecular weight excluding hydrogens is 264 g/mol. The molecule has 1 aromatic rings. The van der Waals surface area contributed by atoms with Gasteiger partial charge in [0.15, 0.2) is 5.75 Å². The Balaban J connectivity index is 3.14. The van der Waals surface area contributed by atoms with E-state index >= 15 is 0 Å². The smallest absolute Gasteiger partial charge is 0.349 e. The van der Waals surface area contributed by atoms with Crippen molar-refractivity contribution in [2.75, 3.05) is 0 Å². The van der Waals surface area contributed by atoms with Crippen molar-refractivity contribution in [2.24, 2.45) is 0 Å². The maximum absolute atomic E-state index is 11.6. The molecule has 1 N–H and O–H groups in total. The first-order valence-electron chi connectivity index (χ1n) is 5.65. The molecule has 0 aliphatic carbocycles. The number of carbonyl (C=O) groups is 1. The molecule has 1 aromatic carbocycles. The molecule has 1 rings (SSSR count).